The molecule has 2 N–H and O–H groups in total. The minimum atomic E-state index is -0.723. The van der Waals surface area contributed by atoms with Crippen LogP contribution >= 0.6 is 0 Å². The van der Waals surface area contributed by atoms with Gasteiger partial charge in [-0.1, -0.05) is 26.8 Å². The Labute approximate surface area is 193 Å². The van der Waals surface area contributed by atoms with E-state index in [0.29, 0.717) is 23.8 Å². The summed E-state index contributed by atoms with van der Waals surface area (Å²) in [5, 5.41) is 5.59. The molecule has 2 heterocycles. The second-order valence-corrected chi connectivity index (χ2v) is 7.78. The number of hydrogen-bond donors (Lipinski definition) is 2. The highest BCUT2D eigenvalue weighted by Crippen LogP contribution is 2.25. The second kappa shape index (κ2) is 11.7. The zero-order valence-electron chi connectivity index (χ0n) is 19.0. The van der Waals surface area contributed by atoms with Crippen LogP contribution in [-0.4, -0.2) is 29.4 Å². The van der Waals surface area contributed by atoms with E-state index in [1.54, 1.807) is 36.5 Å². The average molecular weight is 452 g/mol. The zero-order chi connectivity index (χ0) is 23.6. The molecule has 8 heteroatoms. The molecule has 0 spiro atoms. The van der Waals surface area contributed by atoms with Crippen LogP contribution in [0.2, 0.25) is 0 Å². The quantitative estimate of drug-likeness (QED) is 0.450. The molecule has 1 unspecified atom stereocenters. The maximum absolute atomic E-state index is 12.8. The summed E-state index contributed by atoms with van der Waals surface area (Å²) in [5.74, 6) is 1.05. The van der Waals surface area contributed by atoms with Crippen LogP contribution < -0.4 is 20.1 Å². The van der Waals surface area contributed by atoms with Gasteiger partial charge in [0, 0.05) is 18.3 Å². The van der Waals surface area contributed by atoms with Crippen molar-refractivity contribution in [1.29, 1.82) is 0 Å². The monoisotopic (exact) mass is 451 g/mol. The highest BCUT2D eigenvalue weighted by molar-refractivity contribution is 5.95. The van der Waals surface area contributed by atoms with Crippen LogP contribution in [0.4, 0.5) is 0 Å². The first kappa shape index (κ1) is 23.8. The Morgan fingerprint density at radius 2 is 1.82 bits per heavy atom. The summed E-state index contributed by atoms with van der Waals surface area (Å²) >= 11 is 0. The molecule has 0 aliphatic heterocycles. The molecule has 0 aliphatic rings. The summed E-state index contributed by atoms with van der Waals surface area (Å²) < 4.78 is 16.6. The Balaban J connectivity index is 1.62. The van der Waals surface area contributed by atoms with Crippen LogP contribution in [0.1, 0.15) is 43.3 Å². The van der Waals surface area contributed by atoms with E-state index >= 15 is 0 Å². The van der Waals surface area contributed by atoms with Gasteiger partial charge in [-0.3, -0.25) is 9.59 Å². The summed E-state index contributed by atoms with van der Waals surface area (Å²) in [6.07, 6.45) is 3.97. The zero-order valence-corrected chi connectivity index (χ0v) is 19.0. The predicted molar refractivity (Wildman–Crippen MR) is 123 cm³/mol. The number of carbonyl (C=O) groups excluding carboxylic acids is 2. The Morgan fingerprint density at radius 1 is 1.06 bits per heavy atom. The summed E-state index contributed by atoms with van der Waals surface area (Å²) in [6, 6.07) is 13.3. The molecule has 3 rings (SSSR count). The van der Waals surface area contributed by atoms with Crippen molar-refractivity contribution in [3.05, 3.63) is 72.3 Å². The number of rotatable bonds is 11. The second-order valence-electron chi connectivity index (χ2n) is 7.78. The van der Waals surface area contributed by atoms with Crippen molar-refractivity contribution in [2.24, 2.45) is 5.92 Å². The molecule has 0 fully saturated rings. The number of aromatic nitrogens is 1. The lowest BCUT2D eigenvalue weighted by atomic mass is 10.0. The number of nitrogens with zero attached hydrogens (tertiary/aromatic N) is 1. The molecular formula is C25H29N3O5. The molecule has 0 saturated carbocycles. The van der Waals surface area contributed by atoms with E-state index in [4.69, 9.17) is 13.9 Å². The number of nitrogens with one attached hydrogen (secondary N) is 2. The lowest BCUT2D eigenvalue weighted by molar-refractivity contribution is -0.124. The molecule has 0 aliphatic carbocycles. The molecule has 8 nitrogen and oxygen atoms in total. The number of ether oxygens (including phenoxy) is 2. The Hall–Kier alpha value is -3.81. The minimum Gasteiger partial charge on any atom is -0.494 e. The summed E-state index contributed by atoms with van der Waals surface area (Å²) in [5.41, 5.74) is 0.706. The fourth-order valence-corrected chi connectivity index (χ4v) is 3.03. The lowest BCUT2D eigenvalue weighted by Gasteiger charge is -2.21. The van der Waals surface area contributed by atoms with Gasteiger partial charge in [-0.15, -0.1) is 0 Å². The number of furan rings is 1. The van der Waals surface area contributed by atoms with Crippen molar-refractivity contribution in [2.75, 3.05) is 6.61 Å². The van der Waals surface area contributed by atoms with E-state index < -0.39 is 11.9 Å². The van der Waals surface area contributed by atoms with Gasteiger partial charge in [0.05, 0.1) is 12.9 Å². The molecule has 0 saturated heterocycles. The Kier molecular flexibility index (Phi) is 8.46. The average Bonchev–Trinajstić information content (AvgIpc) is 3.36. The Morgan fingerprint density at radius 3 is 2.48 bits per heavy atom. The molecule has 2 amide bonds. The fourth-order valence-electron chi connectivity index (χ4n) is 3.03. The van der Waals surface area contributed by atoms with Crippen molar-refractivity contribution in [3.63, 3.8) is 0 Å². The van der Waals surface area contributed by atoms with Gasteiger partial charge in [0.2, 0.25) is 11.8 Å². The molecule has 2 aromatic heterocycles. The van der Waals surface area contributed by atoms with Crippen molar-refractivity contribution in [3.8, 4) is 17.4 Å². The van der Waals surface area contributed by atoms with E-state index in [9.17, 15) is 9.59 Å². The van der Waals surface area contributed by atoms with E-state index in [1.807, 2.05) is 32.0 Å². The van der Waals surface area contributed by atoms with E-state index in [2.05, 4.69) is 22.5 Å². The summed E-state index contributed by atoms with van der Waals surface area (Å²) in [7, 11) is 0. The first-order valence-corrected chi connectivity index (χ1v) is 10.9. The van der Waals surface area contributed by atoms with E-state index in [1.165, 1.54) is 6.26 Å². The van der Waals surface area contributed by atoms with Gasteiger partial charge in [-0.2, -0.15) is 0 Å². The topological polar surface area (TPSA) is 103 Å². The maximum atomic E-state index is 12.8. The first-order chi connectivity index (χ1) is 16.0. The van der Waals surface area contributed by atoms with Gasteiger partial charge in [-0.05, 0) is 54.8 Å². The lowest BCUT2D eigenvalue weighted by Crippen LogP contribution is -2.49. The summed E-state index contributed by atoms with van der Waals surface area (Å²) in [6.45, 7) is 6.62. The molecule has 174 valence electrons. The molecule has 0 bridgehead atoms. The van der Waals surface area contributed by atoms with Crippen molar-refractivity contribution in [1.82, 2.24) is 15.6 Å². The van der Waals surface area contributed by atoms with Crippen LogP contribution in [0.15, 0.2) is 65.4 Å². The van der Waals surface area contributed by atoms with E-state index in [0.717, 1.165) is 12.2 Å². The summed E-state index contributed by atoms with van der Waals surface area (Å²) in [4.78, 5) is 29.4. The number of benzene rings is 1. The van der Waals surface area contributed by atoms with Crippen LogP contribution in [0.3, 0.4) is 0 Å². The molecule has 1 atom stereocenters. The number of pyridine rings is 1. The normalized spacial score (nSPS) is 11.6. The number of hydrogen-bond acceptors (Lipinski definition) is 6. The van der Waals surface area contributed by atoms with Gasteiger partial charge in [0.25, 0.3) is 5.91 Å². The molecular weight excluding hydrogens is 422 g/mol. The third kappa shape index (κ3) is 6.83. The Bertz CT molecular complexity index is 1030. The van der Waals surface area contributed by atoms with Gasteiger partial charge >= 0.3 is 0 Å². The smallest absolute Gasteiger partial charge is 0.287 e. The van der Waals surface area contributed by atoms with E-state index in [-0.39, 0.29) is 24.1 Å². The molecule has 1 aromatic carbocycles. The standard InChI is InChI=1S/C25H29N3O5/c1-4-14-31-19-9-11-20(12-10-19)33-25-18(7-5-13-26-25)16-27-24(30)22(17(2)3)28-23(29)21-8-6-15-32-21/h5-13,15,17,22H,4,14,16H2,1-3H3,(H,27,30)(H,28,29). The largest absolute Gasteiger partial charge is 0.494 e. The molecule has 33 heavy (non-hydrogen) atoms. The molecule has 3 aromatic rings. The van der Waals surface area contributed by atoms with Gasteiger partial charge < -0.3 is 24.5 Å². The molecule has 0 radical (unpaired) electrons. The van der Waals surface area contributed by atoms with Gasteiger partial charge in [0.1, 0.15) is 17.5 Å². The third-order valence-electron chi connectivity index (χ3n) is 4.79. The minimum absolute atomic E-state index is 0.123. The van der Waals surface area contributed by atoms with Crippen molar-refractivity contribution >= 4 is 11.8 Å². The van der Waals surface area contributed by atoms with Gasteiger partial charge in [-0.25, -0.2) is 4.98 Å². The van der Waals surface area contributed by atoms with Gasteiger partial charge in [0.15, 0.2) is 5.76 Å². The van der Waals surface area contributed by atoms with Crippen LogP contribution in [0.25, 0.3) is 0 Å². The van der Waals surface area contributed by atoms with Crippen LogP contribution in [0, 0.1) is 5.92 Å². The van der Waals surface area contributed by atoms with Crippen molar-refractivity contribution < 1.29 is 23.5 Å². The third-order valence-corrected chi connectivity index (χ3v) is 4.79. The SMILES string of the molecule is CCCOc1ccc(Oc2ncccc2CNC(=O)C(NC(=O)c2ccco2)C(C)C)cc1. The van der Waals surface area contributed by atoms with Crippen LogP contribution in [0.5, 0.6) is 17.4 Å². The first-order valence-electron chi connectivity index (χ1n) is 10.9. The van der Waals surface area contributed by atoms with Crippen LogP contribution in [-0.2, 0) is 11.3 Å². The highest BCUT2D eigenvalue weighted by Gasteiger charge is 2.25. The predicted octanol–water partition coefficient (Wildman–Crippen LogP) is 4.33. The fraction of sp³-hybridized carbons (Fsp3) is 0.320. The number of amides is 2. The maximum Gasteiger partial charge on any atom is 0.287 e. The highest BCUT2D eigenvalue weighted by atomic mass is 16.5. The van der Waals surface area contributed by atoms with Crippen molar-refractivity contribution in [2.45, 2.75) is 39.8 Å². The number of carbonyl (C=O) groups is 2.